The lowest BCUT2D eigenvalue weighted by Gasteiger charge is -2.19. The summed E-state index contributed by atoms with van der Waals surface area (Å²) >= 11 is 3.18. The van der Waals surface area contributed by atoms with Gasteiger partial charge in [-0.3, -0.25) is 0 Å². The van der Waals surface area contributed by atoms with E-state index in [2.05, 4.69) is 21.2 Å². The molecule has 0 aromatic heterocycles. The molecule has 4 N–H and O–H groups in total. The van der Waals surface area contributed by atoms with Crippen LogP contribution in [0, 0.1) is 0 Å². The highest BCUT2D eigenvalue weighted by molar-refractivity contribution is 9.10. The van der Waals surface area contributed by atoms with Crippen molar-refractivity contribution in [2.24, 2.45) is 0 Å². The second-order valence-electron chi connectivity index (χ2n) is 3.61. The molecule has 94 valence electrons. The summed E-state index contributed by atoms with van der Waals surface area (Å²) < 4.78 is 0.458. The first kappa shape index (κ1) is 14.1. The van der Waals surface area contributed by atoms with Crippen molar-refractivity contribution in [2.75, 3.05) is 13.6 Å². The fourth-order valence-electron chi connectivity index (χ4n) is 1.43. The van der Waals surface area contributed by atoms with Gasteiger partial charge in [0.15, 0.2) is 0 Å². The van der Waals surface area contributed by atoms with E-state index >= 15 is 0 Å². The number of hydrogen-bond acceptors (Lipinski definition) is 4. The highest BCUT2D eigenvalue weighted by Gasteiger charge is 2.20. The van der Waals surface area contributed by atoms with Crippen LogP contribution >= 0.6 is 15.9 Å². The molecule has 0 amide bonds. The van der Waals surface area contributed by atoms with Crippen molar-refractivity contribution in [3.05, 3.63) is 33.8 Å². The summed E-state index contributed by atoms with van der Waals surface area (Å²) in [5.74, 6) is -1.04. The Morgan fingerprint density at radius 2 is 2.12 bits per heavy atom. The number of halogens is 1. The number of rotatable bonds is 5. The maximum absolute atomic E-state index is 10.7. The smallest absolute Gasteiger partial charge is 0.335 e. The molecular formula is C11H14BrNO4. The lowest BCUT2D eigenvalue weighted by molar-refractivity contribution is 0.0198. The molecule has 0 saturated heterocycles. The van der Waals surface area contributed by atoms with E-state index < -0.39 is 18.2 Å². The highest BCUT2D eigenvalue weighted by atomic mass is 79.9. The number of nitrogens with one attached hydrogen (secondary N) is 1. The molecule has 1 aromatic rings. The number of hydrogen-bond donors (Lipinski definition) is 4. The summed E-state index contributed by atoms with van der Waals surface area (Å²) in [7, 11) is 1.67. The second-order valence-corrected chi connectivity index (χ2v) is 4.47. The van der Waals surface area contributed by atoms with E-state index in [0.717, 1.165) is 0 Å². The Morgan fingerprint density at radius 3 is 2.59 bits per heavy atom. The summed E-state index contributed by atoms with van der Waals surface area (Å²) in [6, 6.07) is 4.27. The molecule has 0 aliphatic carbocycles. The molecule has 6 heteroatoms. The van der Waals surface area contributed by atoms with Crippen molar-refractivity contribution < 1.29 is 20.1 Å². The molecule has 0 aliphatic rings. The Kier molecular flexibility index (Phi) is 5.07. The van der Waals surface area contributed by atoms with Gasteiger partial charge in [0, 0.05) is 11.0 Å². The summed E-state index contributed by atoms with van der Waals surface area (Å²) in [5, 5.41) is 31.0. The van der Waals surface area contributed by atoms with Crippen LogP contribution in [0.25, 0.3) is 0 Å². The highest BCUT2D eigenvalue weighted by Crippen LogP contribution is 2.26. The van der Waals surface area contributed by atoms with Crippen LogP contribution in [0.3, 0.4) is 0 Å². The van der Waals surface area contributed by atoms with Crippen LogP contribution < -0.4 is 5.32 Å². The minimum absolute atomic E-state index is 0.121. The fraction of sp³-hybridized carbons (Fsp3) is 0.364. The Bertz CT molecular complexity index is 410. The molecule has 17 heavy (non-hydrogen) atoms. The first-order chi connectivity index (χ1) is 7.97. The van der Waals surface area contributed by atoms with Gasteiger partial charge in [-0.25, -0.2) is 4.79 Å². The number of benzene rings is 1. The molecule has 1 aromatic carbocycles. The van der Waals surface area contributed by atoms with Gasteiger partial charge in [-0.15, -0.1) is 0 Å². The van der Waals surface area contributed by atoms with Gasteiger partial charge < -0.3 is 20.6 Å². The average Bonchev–Trinajstić information content (AvgIpc) is 2.28. The molecule has 5 nitrogen and oxygen atoms in total. The van der Waals surface area contributed by atoms with Gasteiger partial charge >= 0.3 is 5.97 Å². The largest absolute Gasteiger partial charge is 0.478 e. The summed E-state index contributed by atoms with van der Waals surface area (Å²) in [4.78, 5) is 10.7. The topological polar surface area (TPSA) is 89.8 Å². The zero-order chi connectivity index (χ0) is 13.0. The third-order valence-electron chi connectivity index (χ3n) is 2.34. The van der Waals surface area contributed by atoms with E-state index in [-0.39, 0.29) is 12.1 Å². The molecule has 2 atom stereocenters. The van der Waals surface area contributed by atoms with Crippen LogP contribution in [0.4, 0.5) is 0 Å². The summed E-state index contributed by atoms with van der Waals surface area (Å²) in [6.45, 7) is 0.244. The van der Waals surface area contributed by atoms with Crippen molar-refractivity contribution in [2.45, 2.75) is 12.2 Å². The molecule has 0 bridgehead atoms. The van der Waals surface area contributed by atoms with Crippen LogP contribution in [0.5, 0.6) is 0 Å². The van der Waals surface area contributed by atoms with Crippen LogP contribution in [0.2, 0.25) is 0 Å². The van der Waals surface area contributed by atoms with E-state index in [1.807, 2.05) is 0 Å². The molecule has 0 fully saturated rings. The summed E-state index contributed by atoms with van der Waals surface area (Å²) in [5.41, 5.74) is 0.577. The van der Waals surface area contributed by atoms with Gasteiger partial charge in [0.25, 0.3) is 0 Å². The summed E-state index contributed by atoms with van der Waals surface area (Å²) in [6.07, 6.45) is -2.02. The standard InChI is InChI=1S/C11H14BrNO4/c1-13-5-9(14)10(15)7-3-2-6(11(16)17)4-8(7)12/h2-4,9-10,13-15H,5H2,1H3,(H,16,17). The second kappa shape index (κ2) is 6.11. The van der Waals surface area contributed by atoms with Crippen LogP contribution in [0.1, 0.15) is 22.0 Å². The van der Waals surface area contributed by atoms with Gasteiger partial charge in [0.05, 0.1) is 11.7 Å². The van der Waals surface area contributed by atoms with Crippen molar-refractivity contribution in [3.8, 4) is 0 Å². The van der Waals surface area contributed by atoms with Gasteiger partial charge in [-0.1, -0.05) is 22.0 Å². The average molecular weight is 304 g/mol. The van der Waals surface area contributed by atoms with Gasteiger partial charge in [0.1, 0.15) is 6.10 Å². The lowest BCUT2D eigenvalue weighted by atomic mass is 10.0. The number of carbonyl (C=O) groups is 1. The third-order valence-corrected chi connectivity index (χ3v) is 3.03. The number of aliphatic hydroxyl groups is 2. The minimum Gasteiger partial charge on any atom is -0.478 e. The Labute approximate surface area is 107 Å². The molecular weight excluding hydrogens is 290 g/mol. The van der Waals surface area contributed by atoms with E-state index in [0.29, 0.717) is 10.0 Å². The molecule has 0 radical (unpaired) electrons. The normalized spacial score (nSPS) is 14.4. The molecule has 0 heterocycles. The van der Waals surface area contributed by atoms with Crippen LogP contribution in [-0.2, 0) is 0 Å². The van der Waals surface area contributed by atoms with Crippen molar-refractivity contribution in [3.63, 3.8) is 0 Å². The van der Waals surface area contributed by atoms with E-state index in [1.54, 1.807) is 7.05 Å². The Hall–Kier alpha value is -0.950. The van der Waals surface area contributed by atoms with Crippen LogP contribution in [-0.4, -0.2) is 41.0 Å². The van der Waals surface area contributed by atoms with E-state index in [1.165, 1.54) is 18.2 Å². The number of aromatic carboxylic acids is 1. The lowest BCUT2D eigenvalue weighted by Crippen LogP contribution is -2.29. The molecule has 1 rings (SSSR count). The SMILES string of the molecule is CNCC(O)C(O)c1ccc(C(=O)O)cc1Br. The minimum atomic E-state index is -1.07. The predicted molar refractivity (Wildman–Crippen MR) is 66.0 cm³/mol. The van der Waals surface area contributed by atoms with E-state index in [9.17, 15) is 15.0 Å². The molecule has 0 aliphatic heterocycles. The zero-order valence-corrected chi connectivity index (χ0v) is 10.8. The Morgan fingerprint density at radius 1 is 1.47 bits per heavy atom. The van der Waals surface area contributed by atoms with Crippen molar-refractivity contribution >= 4 is 21.9 Å². The monoisotopic (exact) mass is 303 g/mol. The zero-order valence-electron chi connectivity index (χ0n) is 9.22. The maximum atomic E-state index is 10.7. The van der Waals surface area contributed by atoms with Crippen LogP contribution in [0.15, 0.2) is 22.7 Å². The first-order valence-corrected chi connectivity index (χ1v) is 5.80. The van der Waals surface area contributed by atoms with E-state index in [4.69, 9.17) is 5.11 Å². The molecule has 2 unspecified atom stereocenters. The van der Waals surface area contributed by atoms with Gasteiger partial charge in [-0.2, -0.15) is 0 Å². The number of likely N-dealkylation sites (N-methyl/N-ethyl adjacent to an activating group) is 1. The number of aliphatic hydroxyl groups excluding tert-OH is 2. The van der Waals surface area contributed by atoms with Gasteiger partial charge in [0.2, 0.25) is 0 Å². The molecule has 0 spiro atoms. The maximum Gasteiger partial charge on any atom is 0.335 e. The predicted octanol–water partition coefficient (Wildman–Crippen LogP) is 0.761. The third kappa shape index (κ3) is 3.50. The quantitative estimate of drug-likeness (QED) is 0.645. The fourth-order valence-corrected chi connectivity index (χ4v) is 2.04. The number of carboxylic acids is 1. The first-order valence-electron chi connectivity index (χ1n) is 5.00. The van der Waals surface area contributed by atoms with Crippen molar-refractivity contribution in [1.29, 1.82) is 0 Å². The van der Waals surface area contributed by atoms with Gasteiger partial charge in [-0.05, 0) is 24.7 Å². The van der Waals surface area contributed by atoms with Crippen molar-refractivity contribution in [1.82, 2.24) is 5.32 Å². The number of carboxylic acid groups (broad SMARTS) is 1. The molecule has 0 saturated carbocycles. The Balaban J connectivity index is 2.95.